The molecule has 0 bridgehead atoms. The number of aliphatic hydroxyl groups excluding tert-OH is 10. The van der Waals surface area contributed by atoms with Crippen LogP contribution in [0.4, 0.5) is 0 Å². The molecule has 4 aliphatic heterocycles. The first-order valence-electron chi connectivity index (χ1n) is 23.4. The molecule has 0 spiro atoms. The van der Waals surface area contributed by atoms with Crippen LogP contribution in [-0.4, -0.2) is 186 Å². The molecule has 63 heavy (non-hydrogen) atoms. The molecule has 0 aromatic rings. The summed E-state index contributed by atoms with van der Waals surface area (Å²) in [7, 11) is 0. The number of hydrogen-bond donors (Lipinski definition) is 11. The predicted molar refractivity (Wildman–Crippen MR) is 218 cm³/mol. The van der Waals surface area contributed by atoms with Crippen LogP contribution >= 0.6 is 0 Å². The van der Waals surface area contributed by atoms with Crippen molar-refractivity contribution in [2.45, 2.75) is 203 Å². The molecule has 18 nitrogen and oxygen atoms in total. The van der Waals surface area contributed by atoms with Crippen molar-refractivity contribution in [3.05, 3.63) is 11.6 Å². The summed E-state index contributed by atoms with van der Waals surface area (Å²) in [6.45, 7) is 9.43. The fourth-order valence-corrected chi connectivity index (χ4v) is 13.5. The minimum Gasteiger partial charge on any atom is -0.394 e. The highest BCUT2D eigenvalue weighted by Gasteiger charge is 2.68. The van der Waals surface area contributed by atoms with E-state index in [9.17, 15) is 56.2 Å². The highest BCUT2D eigenvalue weighted by molar-refractivity contribution is 5.26. The molecule has 8 aliphatic rings. The van der Waals surface area contributed by atoms with Crippen LogP contribution in [0.15, 0.2) is 11.6 Å². The van der Waals surface area contributed by atoms with E-state index in [-0.39, 0.29) is 47.4 Å². The smallest absolute Gasteiger partial charge is 0.187 e. The summed E-state index contributed by atoms with van der Waals surface area (Å²) in [5.74, 6) is 0.0506. The minimum absolute atomic E-state index is 0.0148. The van der Waals surface area contributed by atoms with Gasteiger partial charge < -0.3 is 89.3 Å². The number of aliphatic hydroxyl groups is 11. The normalized spacial score (nSPS) is 55.0. The van der Waals surface area contributed by atoms with Gasteiger partial charge in [0.1, 0.15) is 67.1 Å². The molecule has 3 saturated carbocycles. The Kier molecular flexibility index (Phi) is 14.2. The van der Waals surface area contributed by atoms with Gasteiger partial charge in [0.15, 0.2) is 24.7 Å². The van der Waals surface area contributed by atoms with Gasteiger partial charge in [-0.15, -0.1) is 0 Å². The summed E-state index contributed by atoms with van der Waals surface area (Å²) in [4.78, 5) is 0. The van der Waals surface area contributed by atoms with Gasteiger partial charge in [0.2, 0.25) is 0 Å². The van der Waals surface area contributed by atoms with Gasteiger partial charge in [-0.2, -0.15) is 0 Å². The summed E-state index contributed by atoms with van der Waals surface area (Å²) in [5.41, 5.74) is 1.23. The molecular formula is C45H74O18. The Balaban J connectivity index is 0.885. The van der Waals surface area contributed by atoms with Gasteiger partial charge in [-0.05, 0) is 98.7 Å². The average molecular weight is 903 g/mol. The molecule has 26 atom stereocenters. The van der Waals surface area contributed by atoms with Crippen LogP contribution in [0.2, 0.25) is 0 Å². The van der Waals surface area contributed by atoms with Crippen LogP contribution < -0.4 is 0 Å². The molecule has 18 heteroatoms. The molecule has 4 saturated heterocycles. The van der Waals surface area contributed by atoms with Crippen LogP contribution in [0, 0.1) is 46.3 Å². The molecule has 4 heterocycles. The standard InChI is InChI=1S/C45H74O18/c1-19(18-57-40-37(54)35(52)32(49)28(16-46)60-40)8-13-45(56)20(2)30-27(63-45)15-26-24-7-6-22-14-23(9-11-43(22,4)25(24)10-12-44(26,30)5)59-42-39(36(53)33(50)29(17-47)61-42)62-41-38(55)34(51)31(48)21(3)58-41/h6,19-21,23-42,46-56H,7-18H2,1-5H3/t19-,20-,21-,23-,24+,25-,26-,27-,28+,29+,30-,31-,32+,33+,34+,35-,36-,37+,38+,39+,40+,41-,42+,43-,44-,45+/m0/s1. The van der Waals surface area contributed by atoms with E-state index < -0.39 is 111 Å². The second-order valence-electron chi connectivity index (χ2n) is 21.0. The third-order valence-electron chi connectivity index (χ3n) is 17.4. The molecule has 0 unspecified atom stereocenters. The summed E-state index contributed by atoms with van der Waals surface area (Å²) >= 11 is 0. The lowest BCUT2D eigenvalue weighted by molar-refractivity contribution is -0.369. The molecule has 0 aromatic heterocycles. The van der Waals surface area contributed by atoms with Crippen molar-refractivity contribution in [1.29, 1.82) is 0 Å². The first kappa shape index (κ1) is 48.5. The largest absolute Gasteiger partial charge is 0.394 e. The molecular weight excluding hydrogens is 828 g/mol. The van der Waals surface area contributed by atoms with E-state index in [4.69, 9.17) is 33.2 Å². The molecule has 11 N–H and O–H groups in total. The van der Waals surface area contributed by atoms with E-state index in [0.29, 0.717) is 43.4 Å². The molecule has 0 aromatic carbocycles. The maximum absolute atomic E-state index is 12.0. The van der Waals surface area contributed by atoms with Crippen molar-refractivity contribution in [1.82, 2.24) is 0 Å². The number of allylic oxidation sites excluding steroid dienone is 1. The monoisotopic (exact) mass is 902 g/mol. The third-order valence-corrected chi connectivity index (χ3v) is 17.4. The lowest BCUT2D eigenvalue weighted by Crippen LogP contribution is -2.64. The number of hydrogen-bond acceptors (Lipinski definition) is 18. The van der Waals surface area contributed by atoms with Crippen LogP contribution in [0.5, 0.6) is 0 Å². The van der Waals surface area contributed by atoms with E-state index >= 15 is 0 Å². The number of fused-ring (bicyclic) bond motifs is 7. The molecule has 7 fully saturated rings. The SMILES string of the molecule is C[C@@H](CC[C@@]1(O)O[C@H]2C[C@H]3[C@@H]4CC=C5C[C@@H](O[C@@H]6O[C@H](CO)[C@@H](O)[C@H](O)[C@H]6O[C@@H]6O[C@@H](C)[C@H](O)[C@@H](O)[C@H]6O)CC[C@]5(C)[C@H]4CC[C@]3(C)[C@H]2[C@@H]1C)CO[C@@H]1O[C@H](CO)[C@@H](O)[C@H](O)[C@H]1O. The zero-order chi connectivity index (χ0) is 45.5. The van der Waals surface area contributed by atoms with E-state index in [2.05, 4.69) is 26.8 Å². The first-order valence-corrected chi connectivity index (χ1v) is 23.4. The van der Waals surface area contributed by atoms with Gasteiger partial charge in [-0.25, -0.2) is 0 Å². The Morgan fingerprint density at radius 2 is 1.40 bits per heavy atom. The average Bonchev–Trinajstić information content (AvgIpc) is 3.70. The summed E-state index contributed by atoms with van der Waals surface area (Å²) in [6.07, 6.45) is -11.5. The highest BCUT2D eigenvalue weighted by atomic mass is 16.8. The van der Waals surface area contributed by atoms with Gasteiger partial charge in [-0.3, -0.25) is 0 Å². The van der Waals surface area contributed by atoms with Gasteiger partial charge in [-0.1, -0.05) is 39.3 Å². The molecule has 0 radical (unpaired) electrons. The lowest BCUT2D eigenvalue weighted by Gasteiger charge is -2.58. The Hall–Kier alpha value is -0.980. The topological polar surface area (TPSA) is 287 Å². The molecule has 0 amide bonds. The lowest BCUT2D eigenvalue weighted by atomic mass is 9.47. The second kappa shape index (κ2) is 18.5. The number of ether oxygens (including phenoxy) is 7. The predicted octanol–water partition coefficient (Wildman–Crippen LogP) is -0.831. The maximum atomic E-state index is 12.0. The van der Waals surface area contributed by atoms with Gasteiger partial charge >= 0.3 is 0 Å². The van der Waals surface area contributed by atoms with Gasteiger partial charge in [0.05, 0.1) is 38.1 Å². The number of rotatable bonds is 12. The zero-order valence-corrected chi connectivity index (χ0v) is 37.1. The van der Waals surface area contributed by atoms with E-state index in [1.165, 1.54) is 12.5 Å². The maximum Gasteiger partial charge on any atom is 0.187 e. The summed E-state index contributed by atoms with van der Waals surface area (Å²) in [6, 6.07) is 0. The van der Waals surface area contributed by atoms with E-state index in [1.54, 1.807) is 0 Å². The molecule has 8 rings (SSSR count). The third kappa shape index (κ3) is 8.51. The van der Waals surface area contributed by atoms with Crippen LogP contribution in [0.3, 0.4) is 0 Å². The second-order valence-corrected chi connectivity index (χ2v) is 21.0. The van der Waals surface area contributed by atoms with E-state index in [1.807, 2.05) is 6.92 Å². The van der Waals surface area contributed by atoms with Gasteiger partial charge in [0, 0.05) is 12.3 Å². The minimum atomic E-state index is -1.65. The summed E-state index contributed by atoms with van der Waals surface area (Å²) < 4.78 is 42.1. The van der Waals surface area contributed by atoms with Gasteiger partial charge in [0.25, 0.3) is 0 Å². The van der Waals surface area contributed by atoms with Crippen LogP contribution in [0.1, 0.15) is 92.4 Å². The van der Waals surface area contributed by atoms with Crippen LogP contribution in [-0.2, 0) is 33.2 Å². The Morgan fingerprint density at radius 3 is 2.10 bits per heavy atom. The quantitative estimate of drug-likeness (QED) is 0.107. The Labute approximate surface area is 369 Å². The van der Waals surface area contributed by atoms with Crippen LogP contribution in [0.25, 0.3) is 0 Å². The van der Waals surface area contributed by atoms with Crippen molar-refractivity contribution in [2.75, 3.05) is 19.8 Å². The zero-order valence-electron chi connectivity index (χ0n) is 37.1. The van der Waals surface area contributed by atoms with Crippen molar-refractivity contribution >= 4 is 0 Å². The van der Waals surface area contributed by atoms with Crippen molar-refractivity contribution in [3.8, 4) is 0 Å². The summed E-state index contributed by atoms with van der Waals surface area (Å²) in [5, 5.41) is 115. The fourth-order valence-electron chi connectivity index (χ4n) is 13.5. The molecule has 362 valence electrons. The Morgan fingerprint density at radius 1 is 0.746 bits per heavy atom. The fraction of sp³-hybridized carbons (Fsp3) is 0.956. The van der Waals surface area contributed by atoms with Crippen molar-refractivity contribution in [2.24, 2.45) is 46.3 Å². The highest BCUT2D eigenvalue weighted by Crippen LogP contribution is 2.70. The Bertz CT molecular complexity index is 1600. The van der Waals surface area contributed by atoms with E-state index in [0.717, 1.165) is 32.1 Å². The van der Waals surface area contributed by atoms with Crippen molar-refractivity contribution in [3.63, 3.8) is 0 Å². The molecule has 4 aliphatic carbocycles. The van der Waals surface area contributed by atoms with Crippen molar-refractivity contribution < 1.29 is 89.3 Å². The first-order chi connectivity index (χ1) is 29.8.